The first-order valence-electron chi connectivity index (χ1n) is 6.10. The van der Waals surface area contributed by atoms with Crippen molar-refractivity contribution in [1.29, 1.82) is 0 Å². The number of allylic oxidation sites excluding steroid dienone is 1. The highest BCUT2D eigenvalue weighted by atomic mass is 32.1. The van der Waals surface area contributed by atoms with Crippen molar-refractivity contribution >= 4 is 11.3 Å². The maximum absolute atomic E-state index is 9.63. The van der Waals surface area contributed by atoms with Gasteiger partial charge in [-0.1, -0.05) is 6.08 Å². The van der Waals surface area contributed by atoms with E-state index in [9.17, 15) is 5.11 Å². The molecule has 1 fully saturated rings. The lowest BCUT2D eigenvalue weighted by atomic mass is 9.78. The van der Waals surface area contributed by atoms with Crippen molar-refractivity contribution < 1.29 is 5.11 Å². The summed E-state index contributed by atoms with van der Waals surface area (Å²) < 4.78 is 0. The molecule has 4 heteroatoms. The second-order valence-corrected chi connectivity index (χ2v) is 5.87. The summed E-state index contributed by atoms with van der Waals surface area (Å²) in [5.74, 6) is 0. The lowest BCUT2D eigenvalue weighted by Crippen LogP contribution is -2.44. The van der Waals surface area contributed by atoms with Crippen LogP contribution in [0.4, 0.5) is 0 Å². The summed E-state index contributed by atoms with van der Waals surface area (Å²) in [7, 11) is 0. The van der Waals surface area contributed by atoms with Crippen LogP contribution in [0.5, 0.6) is 0 Å². The summed E-state index contributed by atoms with van der Waals surface area (Å²) in [5, 5.41) is 12.8. The minimum atomic E-state index is 0.0251. The summed E-state index contributed by atoms with van der Waals surface area (Å²) in [6.45, 7) is 7.04. The Labute approximate surface area is 107 Å². The molecule has 0 saturated carbocycles. The number of aliphatic hydroxyl groups excluding tert-OH is 1. The molecular weight excluding hydrogens is 232 g/mol. The van der Waals surface area contributed by atoms with Gasteiger partial charge in [0.25, 0.3) is 0 Å². The maximum Gasteiger partial charge on any atom is 0.107 e. The van der Waals surface area contributed by atoms with E-state index in [1.807, 2.05) is 17.7 Å². The van der Waals surface area contributed by atoms with Crippen LogP contribution in [-0.2, 0) is 6.54 Å². The molecule has 1 aromatic heterocycles. The average molecular weight is 252 g/mol. The summed E-state index contributed by atoms with van der Waals surface area (Å²) in [6, 6.07) is 0. The Kier molecular flexibility index (Phi) is 4.31. The predicted octanol–water partition coefficient (Wildman–Crippen LogP) is 2.29. The van der Waals surface area contributed by atoms with Gasteiger partial charge in [0.15, 0.2) is 0 Å². The van der Waals surface area contributed by atoms with Crippen molar-refractivity contribution in [3.05, 3.63) is 29.2 Å². The molecule has 2 rings (SSSR count). The molecule has 0 bridgehead atoms. The Balaban J connectivity index is 1.98. The fraction of sp³-hybridized carbons (Fsp3) is 0.615. The van der Waals surface area contributed by atoms with E-state index >= 15 is 0 Å². The van der Waals surface area contributed by atoms with Crippen molar-refractivity contribution in [3.8, 4) is 0 Å². The van der Waals surface area contributed by atoms with Crippen molar-refractivity contribution in [2.75, 3.05) is 19.7 Å². The molecule has 94 valence electrons. The highest BCUT2D eigenvalue weighted by molar-refractivity contribution is 7.09. The first kappa shape index (κ1) is 12.7. The van der Waals surface area contributed by atoms with E-state index in [0.29, 0.717) is 0 Å². The Morgan fingerprint density at radius 1 is 1.65 bits per heavy atom. The van der Waals surface area contributed by atoms with Crippen LogP contribution in [0.15, 0.2) is 24.2 Å². The number of hydrogen-bond donors (Lipinski definition) is 1. The van der Waals surface area contributed by atoms with Gasteiger partial charge in [0, 0.05) is 23.5 Å². The number of likely N-dealkylation sites (tertiary alicyclic amines) is 1. The molecule has 0 aliphatic carbocycles. The molecule has 0 amide bonds. The Hall–Kier alpha value is -0.710. The first-order valence-corrected chi connectivity index (χ1v) is 6.98. The quantitative estimate of drug-likeness (QED) is 0.817. The fourth-order valence-corrected chi connectivity index (χ4v) is 3.29. The fourth-order valence-electron chi connectivity index (χ4n) is 2.63. The van der Waals surface area contributed by atoms with Gasteiger partial charge < -0.3 is 5.11 Å². The average Bonchev–Trinajstić information content (AvgIpc) is 2.83. The van der Waals surface area contributed by atoms with Gasteiger partial charge in [-0.15, -0.1) is 17.9 Å². The van der Waals surface area contributed by atoms with E-state index in [0.717, 1.165) is 43.9 Å². The third-order valence-corrected chi connectivity index (χ3v) is 4.26. The third-order valence-electron chi connectivity index (χ3n) is 3.50. The lowest BCUT2D eigenvalue weighted by molar-refractivity contribution is 0.0309. The van der Waals surface area contributed by atoms with Crippen molar-refractivity contribution in [1.82, 2.24) is 9.88 Å². The van der Waals surface area contributed by atoms with Crippen LogP contribution in [0.25, 0.3) is 0 Å². The number of rotatable bonds is 5. The minimum Gasteiger partial charge on any atom is -0.396 e. The predicted molar refractivity (Wildman–Crippen MR) is 71.0 cm³/mol. The van der Waals surface area contributed by atoms with E-state index in [-0.39, 0.29) is 12.0 Å². The van der Waals surface area contributed by atoms with Crippen LogP contribution >= 0.6 is 11.3 Å². The summed E-state index contributed by atoms with van der Waals surface area (Å²) in [5.41, 5.74) is 0.0251. The Bertz CT molecular complexity index is 352. The van der Waals surface area contributed by atoms with Crippen molar-refractivity contribution in [2.45, 2.75) is 25.8 Å². The maximum atomic E-state index is 9.63. The molecule has 0 aromatic carbocycles. The van der Waals surface area contributed by atoms with Gasteiger partial charge in [-0.05, 0) is 25.8 Å². The van der Waals surface area contributed by atoms with E-state index in [1.54, 1.807) is 11.3 Å². The van der Waals surface area contributed by atoms with Crippen LogP contribution < -0.4 is 0 Å². The summed E-state index contributed by atoms with van der Waals surface area (Å²) in [4.78, 5) is 6.73. The molecule has 2 heterocycles. The molecule has 1 N–H and O–H groups in total. The van der Waals surface area contributed by atoms with Crippen molar-refractivity contribution in [3.63, 3.8) is 0 Å². The van der Waals surface area contributed by atoms with E-state index in [4.69, 9.17) is 0 Å². The van der Waals surface area contributed by atoms with Gasteiger partial charge >= 0.3 is 0 Å². The molecule has 0 radical (unpaired) electrons. The standard InChI is InChI=1S/C13H20N2OS/c1-2-4-13(11-16)5-3-7-15(10-13)9-12-14-6-8-17-12/h2,6,8,16H,1,3-5,7,9-11H2. The van der Waals surface area contributed by atoms with Gasteiger partial charge in [0.05, 0.1) is 13.2 Å². The first-order chi connectivity index (χ1) is 8.28. The topological polar surface area (TPSA) is 36.4 Å². The van der Waals surface area contributed by atoms with Gasteiger partial charge in [-0.25, -0.2) is 4.98 Å². The number of aliphatic hydroxyl groups is 1. The van der Waals surface area contributed by atoms with E-state index < -0.39 is 0 Å². The van der Waals surface area contributed by atoms with Gasteiger partial charge in [0.1, 0.15) is 5.01 Å². The molecule has 1 atom stereocenters. The monoisotopic (exact) mass is 252 g/mol. The Morgan fingerprint density at radius 2 is 2.53 bits per heavy atom. The summed E-state index contributed by atoms with van der Waals surface area (Å²) in [6.07, 6.45) is 6.94. The number of piperidine rings is 1. The molecule has 1 aromatic rings. The molecule has 17 heavy (non-hydrogen) atoms. The smallest absolute Gasteiger partial charge is 0.107 e. The highest BCUT2D eigenvalue weighted by Gasteiger charge is 2.33. The van der Waals surface area contributed by atoms with Crippen LogP contribution in [0.3, 0.4) is 0 Å². The number of thiazole rings is 1. The molecule has 1 saturated heterocycles. The molecule has 3 nitrogen and oxygen atoms in total. The SMILES string of the molecule is C=CCC1(CO)CCCN(Cc2nccs2)C1. The molecule has 1 unspecified atom stereocenters. The van der Waals surface area contributed by atoms with Gasteiger partial charge in [-0.2, -0.15) is 0 Å². The summed E-state index contributed by atoms with van der Waals surface area (Å²) >= 11 is 1.70. The van der Waals surface area contributed by atoms with E-state index in [1.165, 1.54) is 0 Å². The van der Waals surface area contributed by atoms with E-state index in [2.05, 4.69) is 16.5 Å². The lowest BCUT2D eigenvalue weighted by Gasteiger charge is -2.41. The van der Waals surface area contributed by atoms with Gasteiger partial charge in [-0.3, -0.25) is 4.90 Å². The zero-order valence-corrected chi connectivity index (χ0v) is 11.0. The highest BCUT2D eigenvalue weighted by Crippen LogP contribution is 2.34. The molecule has 0 spiro atoms. The number of aromatic nitrogens is 1. The zero-order chi connectivity index (χ0) is 12.1. The molecule has 1 aliphatic heterocycles. The number of nitrogens with zero attached hydrogens (tertiary/aromatic N) is 2. The largest absolute Gasteiger partial charge is 0.396 e. The zero-order valence-electron chi connectivity index (χ0n) is 10.1. The Morgan fingerprint density at radius 3 is 3.18 bits per heavy atom. The molecular formula is C13H20N2OS. The van der Waals surface area contributed by atoms with Crippen LogP contribution in [-0.4, -0.2) is 34.7 Å². The minimum absolute atomic E-state index is 0.0251. The normalized spacial score (nSPS) is 25.9. The van der Waals surface area contributed by atoms with Crippen LogP contribution in [0, 0.1) is 5.41 Å². The molecule has 1 aliphatic rings. The third kappa shape index (κ3) is 3.15. The van der Waals surface area contributed by atoms with Crippen LogP contribution in [0.2, 0.25) is 0 Å². The second kappa shape index (κ2) is 5.76. The second-order valence-electron chi connectivity index (χ2n) is 4.89. The van der Waals surface area contributed by atoms with Crippen molar-refractivity contribution in [2.24, 2.45) is 5.41 Å². The van der Waals surface area contributed by atoms with Gasteiger partial charge in [0.2, 0.25) is 0 Å². The van der Waals surface area contributed by atoms with Crippen LogP contribution in [0.1, 0.15) is 24.3 Å². The number of hydrogen-bond acceptors (Lipinski definition) is 4.